The molecule has 0 radical (unpaired) electrons. The van der Waals surface area contributed by atoms with Crippen molar-refractivity contribution in [1.29, 1.82) is 0 Å². The lowest BCUT2D eigenvalue weighted by molar-refractivity contribution is -0.143. The van der Waals surface area contributed by atoms with Crippen molar-refractivity contribution in [2.75, 3.05) is 11.5 Å². The quantitative estimate of drug-likeness (QED) is 0.917. The van der Waals surface area contributed by atoms with Crippen LogP contribution in [-0.2, 0) is 21.1 Å². The lowest BCUT2D eigenvalue weighted by Gasteiger charge is -2.19. The molecule has 2 unspecified atom stereocenters. The van der Waals surface area contributed by atoms with Crippen molar-refractivity contribution in [3.05, 3.63) is 33.8 Å². The predicted molar refractivity (Wildman–Crippen MR) is 78.1 cm³/mol. The number of aliphatic carboxylic acids is 1. The van der Waals surface area contributed by atoms with Crippen LogP contribution >= 0.6 is 23.2 Å². The Balaban J connectivity index is 2.22. The zero-order valence-electron chi connectivity index (χ0n) is 10.6. The van der Waals surface area contributed by atoms with E-state index < -0.39 is 21.7 Å². The van der Waals surface area contributed by atoms with E-state index >= 15 is 0 Å². The summed E-state index contributed by atoms with van der Waals surface area (Å²) in [4.78, 5) is 11.4. The highest BCUT2D eigenvalue weighted by Crippen LogP contribution is 2.31. The summed E-state index contributed by atoms with van der Waals surface area (Å²) >= 11 is 11.9. The fraction of sp³-hybridized carbons (Fsp3) is 0.462. The lowest BCUT2D eigenvalue weighted by Crippen LogP contribution is -2.26. The Labute approximate surface area is 127 Å². The molecule has 1 saturated heterocycles. The van der Waals surface area contributed by atoms with Gasteiger partial charge >= 0.3 is 5.97 Å². The van der Waals surface area contributed by atoms with Gasteiger partial charge in [-0.1, -0.05) is 23.2 Å². The van der Waals surface area contributed by atoms with E-state index in [9.17, 15) is 18.3 Å². The van der Waals surface area contributed by atoms with Crippen LogP contribution in [0.3, 0.4) is 0 Å². The molecule has 20 heavy (non-hydrogen) atoms. The average Bonchev–Trinajstić information content (AvgIpc) is 2.70. The molecule has 1 heterocycles. The summed E-state index contributed by atoms with van der Waals surface area (Å²) in [7, 11) is -3.11. The third-order valence-corrected chi connectivity index (χ3v) is 6.00. The zero-order chi connectivity index (χ0) is 14.9. The van der Waals surface area contributed by atoms with Gasteiger partial charge in [0.25, 0.3) is 0 Å². The van der Waals surface area contributed by atoms with E-state index in [1.54, 1.807) is 18.2 Å². The summed E-state index contributed by atoms with van der Waals surface area (Å²) in [6, 6.07) is 4.87. The molecule has 0 aliphatic carbocycles. The van der Waals surface area contributed by atoms with Crippen LogP contribution in [0.1, 0.15) is 12.0 Å². The van der Waals surface area contributed by atoms with Gasteiger partial charge in [-0.05, 0) is 42.5 Å². The van der Waals surface area contributed by atoms with Gasteiger partial charge in [0.05, 0.1) is 17.4 Å². The van der Waals surface area contributed by atoms with Crippen molar-refractivity contribution < 1.29 is 18.3 Å². The molecule has 0 aromatic heterocycles. The lowest BCUT2D eigenvalue weighted by atomic mass is 9.86. The van der Waals surface area contributed by atoms with Crippen LogP contribution in [-0.4, -0.2) is 31.0 Å². The van der Waals surface area contributed by atoms with E-state index in [0.717, 1.165) is 0 Å². The van der Waals surface area contributed by atoms with Crippen LogP contribution in [0.2, 0.25) is 10.0 Å². The van der Waals surface area contributed by atoms with Crippen molar-refractivity contribution in [3.8, 4) is 0 Å². The Bertz CT molecular complexity index is 627. The van der Waals surface area contributed by atoms with Gasteiger partial charge in [-0.25, -0.2) is 8.42 Å². The molecular weight excluding hydrogens is 323 g/mol. The molecular formula is C13H14Cl2O4S. The van der Waals surface area contributed by atoms with Crippen LogP contribution in [0.5, 0.6) is 0 Å². The van der Waals surface area contributed by atoms with Gasteiger partial charge in [-0.3, -0.25) is 4.79 Å². The van der Waals surface area contributed by atoms with E-state index in [1.807, 2.05) is 0 Å². The minimum absolute atomic E-state index is 0.0602. The van der Waals surface area contributed by atoms with Gasteiger partial charge in [0.15, 0.2) is 9.84 Å². The van der Waals surface area contributed by atoms with Crippen molar-refractivity contribution in [1.82, 2.24) is 0 Å². The topological polar surface area (TPSA) is 71.4 Å². The Morgan fingerprint density at radius 3 is 2.65 bits per heavy atom. The predicted octanol–water partition coefficient (Wildman–Crippen LogP) is 2.67. The van der Waals surface area contributed by atoms with Gasteiger partial charge < -0.3 is 5.11 Å². The Hall–Kier alpha value is -0.780. The highest BCUT2D eigenvalue weighted by Gasteiger charge is 2.37. The second kappa shape index (κ2) is 5.92. The summed E-state index contributed by atoms with van der Waals surface area (Å²) in [5, 5.41) is 10.3. The van der Waals surface area contributed by atoms with Crippen molar-refractivity contribution in [2.24, 2.45) is 11.8 Å². The van der Waals surface area contributed by atoms with Gasteiger partial charge in [-0.15, -0.1) is 0 Å². The van der Waals surface area contributed by atoms with E-state index in [4.69, 9.17) is 23.2 Å². The molecule has 0 saturated carbocycles. The molecule has 1 aromatic rings. The minimum atomic E-state index is -3.11. The van der Waals surface area contributed by atoms with Gasteiger partial charge in [-0.2, -0.15) is 0 Å². The number of carboxylic acid groups (broad SMARTS) is 1. The molecule has 0 amide bonds. The summed E-state index contributed by atoms with van der Waals surface area (Å²) in [5.74, 6) is -2.13. The number of hydrogen-bond donors (Lipinski definition) is 1. The second-order valence-corrected chi connectivity index (χ2v) is 8.12. The monoisotopic (exact) mass is 336 g/mol. The standard InChI is InChI=1S/C13H14Cl2O4S/c14-10-1-2-12(15)9(5-10)6-11(13(16)17)8-3-4-20(18,19)7-8/h1-2,5,8,11H,3-4,6-7H2,(H,16,17). The molecule has 0 spiro atoms. The van der Waals surface area contributed by atoms with Crippen LogP contribution in [0.25, 0.3) is 0 Å². The van der Waals surface area contributed by atoms with E-state index in [-0.39, 0.29) is 23.8 Å². The van der Waals surface area contributed by atoms with Crippen molar-refractivity contribution in [3.63, 3.8) is 0 Å². The summed E-state index contributed by atoms with van der Waals surface area (Å²) in [6.07, 6.45) is 0.576. The minimum Gasteiger partial charge on any atom is -0.481 e. The first-order chi connectivity index (χ1) is 9.28. The fourth-order valence-electron chi connectivity index (χ4n) is 2.53. The van der Waals surface area contributed by atoms with E-state index in [2.05, 4.69) is 0 Å². The number of rotatable bonds is 4. The van der Waals surface area contributed by atoms with E-state index in [0.29, 0.717) is 22.0 Å². The SMILES string of the molecule is O=C(O)C(Cc1cc(Cl)ccc1Cl)C1CCS(=O)(=O)C1. The molecule has 1 fully saturated rings. The average molecular weight is 337 g/mol. The smallest absolute Gasteiger partial charge is 0.307 e. The number of hydrogen-bond acceptors (Lipinski definition) is 3. The number of halogens is 2. The third kappa shape index (κ3) is 3.65. The first kappa shape index (κ1) is 15.6. The van der Waals surface area contributed by atoms with Crippen molar-refractivity contribution >= 4 is 39.0 Å². The maximum Gasteiger partial charge on any atom is 0.307 e. The third-order valence-electron chi connectivity index (χ3n) is 3.60. The maximum atomic E-state index is 11.5. The molecule has 2 atom stereocenters. The number of carbonyl (C=O) groups is 1. The Kier molecular flexibility index (Phi) is 4.62. The summed E-state index contributed by atoms with van der Waals surface area (Å²) in [5.41, 5.74) is 0.635. The normalized spacial score (nSPS) is 22.6. The maximum absolute atomic E-state index is 11.5. The highest BCUT2D eigenvalue weighted by molar-refractivity contribution is 7.91. The fourth-order valence-corrected chi connectivity index (χ4v) is 4.80. The van der Waals surface area contributed by atoms with Crippen LogP contribution < -0.4 is 0 Å². The molecule has 7 heteroatoms. The van der Waals surface area contributed by atoms with Crippen LogP contribution in [0.15, 0.2) is 18.2 Å². The second-order valence-electron chi connectivity index (χ2n) is 5.05. The first-order valence-corrected chi connectivity index (χ1v) is 8.73. The number of benzene rings is 1. The molecule has 2 rings (SSSR count). The highest BCUT2D eigenvalue weighted by atomic mass is 35.5. The molecule has 4 nitrogen and oxygen atoms in total. The zero-order valence-corrected chi connectivity index (χ0v) is 12.9. The molecule has 110 valence electrons. The molecule has 1 aromatic carbocycles. The van der Waals surface area contributed by atoms with Crippen LogP contribution in [0.4, 0.5) is 0 Å². The van der Waals surface area contributed by atoms with Gasteiger partial charge in [0, 0.05) is 10.0 Å². The van der Waals surface area contributed by atoms with E-state index in [1.165, 1.54) is 0 Å². The Morgan fingerprint density at radius 2 is 2.10 bits per heavy atom. The largest absolute Gasteiger partial charge is 0.481 e. The van der Waals surface area contributed by atoms with Crippen molar-refractivity contribution in [2.45, 2.75) is 12.8 Å². The summed E-state index contributed by atoms with van der Waals surface area (Å²) in [6.45, 7) is 0. The molecule has 0 bridgehead atoms. The Morgan fingerprint density at radius 1 is 1.40 bits per heavy atom. The van der Waals surface area contributed by atoms with Gasteiger partial charge in [0.1, 0.15) is 0 Å². The number of carboxylic acids is 1. The molecule has 1 aliphatic rings. The van der Waals surface area contributed by atoms with Crippen LogP contribution in [0, 0.1) is 11.8 Å². The first-order valence-electron chi connectivity index (χ1n) is 6.15. The molecule has 1 aliphatic heterocycles. The van der Waals surface area contributed by atoms with Gasteiger partial charge in [0.2, 0.25) is 0 Å². The number of sulfone groups is 1. The molecule has 1 N–H and O–H groups in total. The summed E-state index contributed by atoms with van der Waals surface area (Å²) < 4.78 is 23.0.